The molecule has 0 heteroatoms. The summed E-state index contributed by atoms with van der Waals surface area (Å²) >= 11 is 0. The summed E-state index contributed by atoms with van der Waals surface area (Å²) in [5, 5.41) is 15.4. The van der Waals surface area contributed by atoms with Gasteiger partial charge < -0.3 is 0 Å². The number of benzene rings is 10. The fraction of sp³-hybridized carbons (Fsp3) is 0. The lowest BCUT2D eigenvalue weighted by molar-refractivity contribution is 1.65. The van der Waals surface area contributed by atoms with Crippen LogP contribution in [0.15, 0.2) is 182 Å². The van der Waals surface area contributed by atoms with Gasteiger partial charge in [-0.15, -0.1) is 0 Å². The lowest BCUT2D eigenvalue weighted by atomic mass is 9.91. The molecule has 0 heterocycles. The van der Waals surface area contributed by atoms with Gasteiger partial charge in [0.1, 0.15) is 0 Å². The molecule has 0 nitrogen and oxygen atoms in total. The Bertz CT molecular complexity index is 2860. The maximum Gasteiger partial charge on any atom is -0.00928 e. The van der Waals surface area contributed by atoms with Gasteiger partial charge in [-0.3, -0.25) is 0 Å². The number of rotatable bonds is 3. The Morgan fingerprint density at radius 1 is 0.167 bits per heavy atom. The van der Waals surface area contributed by atoms with Gasteiger partial charge >= 0.3 is 0 Å². The van der Waals surface area contributed by atoms with Gasteiger partial charge in [-0.25, -0.2) is 0 Å². The van der Waals surface area contributed by atoms with Gasteiger partial charge in [0.25, 0.3) is 0 Å². The average Bonchev–Trinajstić information content (AvgIpc) is 3.17. The van der Waals surface area contributed by atoms with E-state index in [9.17, 15) is 0 Å². The van der Waals surface area contributed by atoms with Gasteiger partial charge in [0.05, 0.1) is 0 Å². The first-order chi connectivity index (χ1) is 23.7. The Kier molecular flexibility index (Phi) is 5.98. The zero-order valence-corrected chi connectivity index (χ0v) is 26.3. The van der Waals surface area contributed by atoms with Crippen LogP contribution in [0.5, 0.6) is 0 Å². The quantitative estimate of drug-likeness (QED) is 0.176. The number of hydrogen-bond acceptors (Lipinski definition) is 0. The van der Waals surface area contributed by atoms with Gasteiger partial charge in [0.2, 0.25) is 0 Å². The molecule has 0 saturated heterocycles. The molecule has 0 aliphatic rings. The van der Waals surface area contributed by atoms with Gasteiger partial charge in [-0.2, -0.15) is 0 Å². The SMILES string of the molecule is c1ccc2cc(-c3ccc4cc(-c5ccc6cc(-c7ccc8c9ccccc9c9ccccc9c8c7)ccc6c5)ccc4c3)ccc2c1. The van der Waals surface area contributed by atoms with Crippen molar-refractivity contribution < 1.29 is 0 Å². The average molecular weight is 607 g/mol. The molecule has 48 heavy (non-hydrogen) atoms. The second-order valence-corrected chi connectivity index (χ2v) is 13.0. The summed E-state index contributed by atoms with van der Waals surface area (Å²) in [6.07, 6.45) is 0. The van der Waals surface area contributed by atoms with Crippen LogP contribution in [0.4, 0.5) is 0 Å². The Hall–Kier alpha value is -6.24. The minimum absolute atomic E-state index is 1.24. The van der Waals surface area contributed by atoms with Crippen LogP contribution in [0.2, 0.25) is 0 Å². The highest BCUT2D eigenvalue weighted by molar-refractivity contribution is 6.25. The highest BCUT2D eigenvalue weighted by Gasteiger charge is 2.11. The maximum atomic E-state index is 2.38. The lowest BCUT2D eigenvalue weighted by Gasteiger charge is -2.12. The lowest BCUT2D eigenvalue weighted by Crippen LogP contribution is -1.86. The van der Waals surface area contributed by atoms with E-state index in [0.29, 0.717) is 0 Å². The molecule has 0 N–H and O–H groups in total. The molecular weight excluding hydrogens is 577 g/mol. The summed E-state index contributed by atoms with van der Waals surface area (Å²) < 4.78 is 0. The molecule has 0 fully saturated rings. The van der Waals surface area contributed by atoms with Crippen molar-refractivity contribution in [3.8, 4) is 33.4 Å². The van der Waals surface area contributed by atoms with Crippen LogP contribution in [0.3, 0.4) is 0 Å². The van der Waals surface area contributed by atoms with E-state index in [1.54, 1.807) is 0 Å². The van der Waals surface area contributed by atoms with Crippen LogP contribution in [-0.4, -0.2) is 0 Å². The number of hydrogen-bond donors (Lipinski definition) is 0. The van der Waals surface area contributed by atoms with Crippen molar-refractivity contribution in [2.24, 2.45) is 0 Å². The minimum Gasteiger partial charge on any atom is -0.0616 e. The molecule has 0 amide bonds. The van der Waals surface area contributed by atoms with E-state index >= 15 is 0 Å². The van der Waals surface area contributed by atoms with Crippen LogP contribution in [0.25, 0.3) is 98.0 Å². The van der Waals surface area contributed by atoms with Crippen molar-refractivity contribution in [3.05, 3.63) is 182 Å². The van der Waals surface area contributed by atoms with E-state index in [4.69, 9.17) is 0 Å². The number of fused-ring (bicyclic) bond motifs is 9. The third kappa shape index (κ3) is 4.38. The molecule has 10 rings (SSSR count). The Morgan fingerprint density at radius 2 is 0.438 bits per heavy atom. The van der Waals surface area contributed by atoms with Gasteiger partial charge in [0.15, 0.2) is 0 Å². The normalized spacial score (nSPS) is 11.8. The fourth-order valence-corrected chi connectivity index (χ4v) is 7.67. The third-order valence-electron chi connectivity index (χ3n) is 10.2. The Balaban J connectivity index is 0.995. The highest BCUT2D eigenvalue weighted by atomic mass is 14.1. The van der Waals surface area contributed by atoms with Crippen LogP contribution < -0.4 is 0 Å². The molecule has 0 atom stereocenters. The molecule has 0 spiro atoms. The van der Waals surface area contributed by atoms with Crippen LogP contribution in [0, 0.1) is 0 Å². The van der Waals surface area contributed by atoms with Crippen molar-refractivity contribution in [1.82, 2.24) is 0 Å². The maximum absolute atomic E-state index is 2.38. The zero-order valence-electron chi connectivity index (χ0n) is 26.3. The van der Waals surface area contributed by atoms with E-state index in [1.807, 2.05) is 0 Å². The second kappa shape index (κ2) is 10.7. The van der Waals surface area contributed by atoms with Crippen molar-refractivity contribution in [2.75, 3.05) is 0 Å². The molecule has 10 aromatic carbocycles. The summed E-state index contributed by atoms with van der Waals surface area (Å²) in [5.41, 5.74) is 7.45. The summed E-state index contributed by atoms with van der Waals surface area (Å²) in [7, 11) is 0. The van der Waals surface area contributed by atoms with Crippen molar-refractivity contribution in [1.29, 1.82) is 0 Å². The predicted octanol–water partition coefficient (Wildman–Crippen LogP) is 13.6. The molecule has 0 aliphatic carbocycles. The zero-order chi connectivity index (χ0) is 31.6. The first-order valence-electron chi connectivity index (χ1n) is 16.7. The van der Waals surface area contributed by atoms with Gasteiger partial charge in [-0.05, 0) is 134 Å². The second-order valence-electron chi connectivity index (χ2n) is 13.0. The third-order valence-corrected chi connectivity index (χ3v) is 10.2. The monoisotopic (exact) mass is 606 g/mol. The molecule has 222 valence electrons. The van der Waals surface area contributed by atoms with Gasteiger partial charge in [0, 0.05) is 0 Å². The predicted molar refractivity (Wildman–Crippen MR) is 208 cm³/mol. The topological polar surface area (TPSA) is 0 Å². The molecule has 0 unspecified atom stereocenters. The molecule has 0 bridgehead atoms. The van der Waals surface area contributed by atoms with E-state index < -0.39 is 0 Å². The molecule has 0 aromatic heterocycles. The highest BCUT2D eigenvalue weighted by Crippen LogP contribution is 2.38. The van der Waals surface area contributed by atoms with Crippen LogP contribution in [0.1, 0.15) is 0 Å². The van der Waals surface area contributed by atoms with Crippen molar-refractivity contribution >= 4 is 64.6 Å². The van der Waals surface area contributed by atoms with Crippen LogP contribution in [-0.2, 0) is 0 Å². The van der Waals surface area contributed by atoms with E-state index in [-0.39, 0.29) is 0 Å². The summed E-state index contributed by atoms with van der Waals surface area (Å²) in [6, 6.07) is 67.2. The van der Waals surface area contributed by atoms with Crippen LogP contribution >= 0.6 is 0 Å². The molecule has 0 radical (unpaired) electrons. The Labute approximate surface area is 279 Å². The van der Waals surface area contributed by atoms with E-state index in [2.05, 4.69) is 182 Å². The smallest absolute Gasteiger partial charge is 0.00928 e. The molecule has 0 aliphatic heterocycles. The van der Waals surface area contributed by atoms with Crippen molar-refractivity contribution in [2.45, 2.75) is 0 Å². The molecular formula is C48H30. The summed E-state index contributed by atoms with van der Waals surface area (Å²) in [4.78, 5) is 0. The largest absolute Gasteiger partial charge is 0.0616 e. The standard InChI is InChI=1S/C48H30/c1-2-8-32-25-33(14-13-31(32)7-1)34-15-16-36-27-37(18-17-35(36)26-34)38-19-20-40-29-41(22-21-39(40)28-38)42-23-24-47-45-11-4-3-9-43(45)44-10-5-6-12-46(44)48(47)30-42/h1-30H. The van der Waals surface area contributed by atoms with Gasteiger partial charge in [-0.1, -0.05) is 146 Å². The summed E-state index contributed by atoms with van der Waals surface area (Å²) in [5.74, 6) is 0. The van der Waals surface area contributed by atoms with E-state index in [0.717, 1.165) is 0 Å². The fourth-order valence-electron chi connectivity index (χ4n) is 7.67. The van der Waals surface area contributed by atoms with Crippen molar-refractivity contribution in [3.63, 3.8) is 0 Å². The molecule has 0 saturated carbocycles. The first-order valence-corrected chi connectivity index (χ1v) is 16.7. The molecule has 10 aromatic rings. The first kappa shape index (κ1) is 26.9. The summed E-state index contributed by atoms with van der Waals surface area (Å²) in [6.45, 7) is 0. The minimum atomic E-state index is 1.24. The van der Waals surface area contributed by atoms with E-state index in [1.165, 1.54) is 98.0 Å². The Morgan fingerprint density at radius 3 is 0.875 bits per heavy atom.